The van der Waals surface area contributed by atoms with E-state index in [1.54, 1.807) is 0 Å². The summed E-state index contributed by atoms with van der Waals surface area (Å²) in [6.07, 6.45) is 1.58. The monoisotopic (exact) mass is 258 g/mol. The van der Waals surface area contributed by atoms with Crippen molar-refractivity contribution in [2.24, 2.45) is 0 Å². The summed E-state index contributed by atoms with van der Waals surface area (Å²) in [5.74, 6) is -2.54. The Morgan fingerprint density at radius 1 is 1.47 bits per heavy atom. The summed E-state index contributed by atoms with van der Waals surface area (Å²) in [6.45, 7) is 3.37. The first-order valence-corrected chi connectivity index (χ1v) is 6.40. The maximum Gasteiger partial charge on any atom is 0.335 e. The minimum absolute atomic E-state index is 0.180. The molecule has 17 heavy (non-hydrogen) atoms. The van der Waals surface area contributed by atoms with Gasteiger partial charge in [0.15, 0.2) is 9.84 Å². The van der Waals surface area contributed by atoms with Crippen LogP contribution in [0.2, 0.25) is 0 Å². The van der Waals surface area contributed by atoms with Crippen LogP contribution < -0.4 is 0 Å². The molecule has 0 aliphatic carbocycles. The van der Waals surface area contributed by atoms with Crippen molar-refractivity contribution in [2.45, 2.75) is 11.3 Å². The van der Waals surface area contributed by atoms with Crippen LogP contribution in [0.4, 0.5) is 4.39 Å². The number of halogens is 1. The molecule has 1 aromatic rings. The van der Waals surface area contributed by atoms with Crippen molar-refractivity contribution in [1.29, 1.82) is 0 Å². The molecular weight excluding hydrogens is 247 g/mol. The van der Waals surface area contributed by atoms with Gasteiger partial charge in [-0.1, -0.05) is 6.08 Å². The lowest BCUT2D eigenvalue weighted by Crippen LogP contribution is -2.10. The Morgan fingerprint density at radius 2 is 2.12 bits per heavy atom. The molecule has 1 rings (SSSR count). The van der Waals surface area contributed by atoms with Crippen molar-refractivity contribution in [3.63, 3.8) is 0 Å². The largest absolute Gasteiger partial charge is 0.478 e. The van der Waals surface area contributed by atoms with Gasteiger partial charge in [0.05, 0.1) is 11.3 Å². The molecule has 0 saturated heterocycles. The number of aromatic carboxylic acids is 1. The third kappa shape index (κ3) is 3.13. The average Bonchev–Trinajstić information content (AvgIpc) is 2.26. The molecular formula is C11H11FO4S. The fourth-order valence-electron chi connectivity index (χ4n) is 1.22. The number of allylic oxidation sites excluding steroid dienone is 1. The molecule has 1 aromatic carbocycles. The molecule has 0 amide bonds. The number of carboxylic acids is 1. The zero-order valence-corrected chi connectivity index (χ0v) is 9.71. The predicted octanol–water partition coefficient (Wildman–Crippen LogP) is 1.87. The van der Waals surface area contributed by atoms with Gasteiger partial charge in [-0.3, -0.25) is 0 Å². The molecule has 0 aliphatic rings. The minimum Gasteiger partial charge on any atom is -0.478 e. The first kappa shape index (κ1) is 13.4. The Kier molecular flexibility index (Phi) is 4.01. The molecule has 0 fully saturated rings. The zero-order valence-electron chi connectivity index (χ0n) is 8.89. The van der Waals surface area contributed by atoms with Gasteiger partial charge in [0, 0.05) is 0 Å². The van der Waals surface area contributed by atoms with Gasteiger partial charge in [-0.05, 0) is 24.6 Å². The first-order valence-electron chi connectivity index (χ1n) is 4.75. The van der Waals surface area contributed by atoms with Crippen molar-refractivity contribution in [3.8, 4) is 0 Å². The number of benzene rings is 1. The van der Waals surface area contributed by atoms with Gasteiger partial charge in [-0.15, -0.1) is 6.58 Å². The number of carboxylic acid groups (broad SMARTS) is 1. The van der Waals surface area contributed by atoms with Crippen LogP contribution in [-0.2, 0) is 9.84 Å². The van der Waals surface area contributed by atoms with E-state index in [2.05, 4.69) is 6.58 Å². The van der Waals surface area contributed by atoms with Crippen molar-refractivity contribution < 1.29 is 22.7 Å². The summed E-state index contributed by atoms with van der Waals surface area (Å²) in [5, 5.41) is 8.71. The maximum absolute atomic E-state index is 13.4. The third-order valence-electron chi connectivity index (χ3n) is 2.10. The van der Waals surface area contributed by atoms with E-state index in [0.29, 0.717) is 0 Å². The smallest absolute Gasteiger partial charge is 0.335 e. The topological polar surface area (TPSA) is 71.4 Å². The molecule has 1 N–H and O–H groups in total. The van der Waals surface area contributed by atoms with Gasteiger partial charge < -0.3 is 5.11 Å². The van der Waals surface area contributed by atoms with E-state index in [1.165, 1.54) is 6.08 Å². The Labute approximate surface area is 98.3 Å². The normalized spacial score (nSPS) is 11.1. The summed E-state index contributed by atoms with van der Waals surface area (Å²) in [6, 6.07) is 2.69. The van der Waals surface area contributed by atoms with Gasteiger partial charge in [-0.2, -0.15) is 0 Å². The van der Waals surface area contributed by atoms with Crippen LogP contribution >= 0.6 is 0 Å². The van der Waals surface area contributed by atoms with Gasteiger partial charge in [0.2, 0.25) is 0 Å². The van der Waals surface area contributed by atoms with Crippen molar-refractivity contribution in [1.82, 2.24) is 0 Å². The van der Waals surface area contributed by atoms with Gasteiger partial charge in [0.25, 0.3) is 0 Å². The number of rotatable bonds is 5. The Hall–Kier alpha value is -1.69. The quantitative estimate of drug-likeness (QED) is 0.818. The molecule has 0 radical (unpaired) electrons. The molecule has 0 bridgehead atoms. The highest BCUT2D eigenvalue weighted by Gasteiger charge is 2.20. The second kappa shape index (κ2) is 5.09. The lowest BCUT2D eigenvalue weighted by atomic mass is 10.2. The lowest BCUT2D eigenvalue weighted by Gasteiger charge is -2.05. The highest BCUT2D eigenvalue weighted by Crippen LogP contribution is 2.18. The number of hydrogen-bond donors (Lipinski definition) is 1. The van der Waals surface area contributed by atoms with Gasteiger partial charge in [-0.25, -0.2) is 17.6 Å². The molecule has 0 saturated carbocycles. The summed E-state index contributed by atoms with van der Waals surface area (Å²) >= 11 is 0. The van der Waals surface area contributed by atoms with Crippen molar-refractivity contribution >= 4 is 15.8 Å². The Morgan fingerprint density at radius 3 is 2.65 bits per heavy atom. The average molecular weight is 258 g/mol. The van der Waals surface area contributed by atoms with Gasteiger partial charge >= 0.3 is 5.97 Å². The number of sulfone groups is 1. The van der Waals surface area contributed by atoms with E-state index in [0.717, 1.165) is 18.2 Å². The summed E-state index contributed by atoms with van der Waals surface area (Å²) < 4.78 is 36.8. The fourth-order valence-corrected chi connectivity index (χ4v) is 2.59. The molecule has 4 nitrogen and oxygen atoms in total. The zero-order chi connectivity index (χ0) is 13.1. The molecule has 0 aromatic heterocycles. The highest BCUT2D eigenvalue weighted by atomic mass is 32.2. The Bertz CT molecular complexity index is 549. The van der Waals surface area contributed by atoms with Crippen molar-refractivity contribution in [3.05, 3.63) is 42.2 Å². The summed E-state index contributed by atoms with van der Waals surface area (Å²) in [4.78, 5) is 10.1. The molecule has 0 atom stereocenters. The van der Waals surface area contributed by atoms with Crippen LogP contribution in [-0.4, -0.2) is 25.2 Å². The van der Waals surface area contributed by atoms with E-state index in [-0.39, 0.29) is 17.7 Å². The maximum atomic E-state index is 13.4. The highest BCUT2D eigenvalue weighted by molar-refractivity contribution is 7.91. The van der Waals surface area contributed by atoms with E-state index < -0.39 is 26.5 Å². The van der Waals surface area contributed by atoms with Crippen LogP contribution in [0.3, 0.4) is 0 Å². The first-order chi connectivity index (χ1) is 7.88. The summed E-state index contributed by atoms with van der Waals surface area (Å²) in [7, 11) is -3.82. The second-order valence-corrected chi connectivity index (χ2v) is 5.42. The summed E-state index contributed by atoms with van der Waals surface area (Å²) in [5.41, 5.74) is -0.261. The standard InChI is InChI=1S/C11H11FO4S/c1-2-3-6-17(15,16)10-7-8(11(13)14)4-5-9(10)12/h2,4-5,7H,1,3,6H2,(H,13,14). The van der Waals surface area contributed by atoms with Crippen molar-refractivity contribution in [2.75, 3.05) is 5.75 Å². The molecule has 92 valence electrons. The molecule has 0 aliphatic heterocycles. The number of hydrogen-bond acceptors (Lipinski definition) is 3. The Balaban J connectivity index is 3.25. The second-order valence-electron chi connectivity index (χ2n) is 3.35. The lowest BCUT2D eigenvalue weighted by molar-refractivity contribution is 0.0696. The SMILES string of the molecule is C=CCCS(=O)(=O)c1cc(C(=O)O)ccc1F. The minimum atomic E-state index is -3.82. The molecule has 0 spiro atoms. The predicted molar refractivity (Wildman–Crippen MR) is 60.2 cm³/mol. The molecule has 6 heteroatoms. The van der Waals surface area contributed by atoms with E-state index >= 15 is 0 Å². The van der Waals surface area contributed by atoms with Crippen LogP contribution in [0.1, 0.15) is 16.8 Å². The van der Waals surface area contributed by atoms with E-state index in [4.69, 9.17) is 5.11 Å². The molecule has 0 heterocycles. The van der Waals surface area contributed by atoms with Crippen LogP contribution in [0.25, 0.3) is 0 Å². The van der Waals surface area contributed by atoms with Crippen LogP contribution in [0.5, 0.6) is 0 Å². The fraction of sp³-hybridized carbons (Fsp3) is 0.182. The third-order valence-corrected chi connectivity index (χ3v) is 3.86. The number of carbonyl (C=O) groups is 1. The van der Waals surface area contributed by atoms with Gasteiger partial charge in [0.1, 0.15) is 10.7 Å². The van der Waals surface area contributed by atoms with Crippen LogP contribution in [0, 0.1) is 5.82 Å². The molecule has 0 unspecified atom stereocenters. The van der Waals surface area contributed by atoms with Crippen LogP contribution in [0.15, 0.2) is 35.7 Å². The van der Waals surface area contributed by atoms with E-state index in [9.17, 15) is 17.6 Å². The van der Waals surface area contributed by atoms with E-state index in [1.807, 2.05) is 0 Å².